The Kier molecular flexibility index (Phi) is 5.32. The van der Waals surface area contributed by atoms with Crippen LogP contribution in [0.2, 0.25) is 0 Å². The lowest BCUT2D eigenvalue weighted by molar-refractivity contribution is 0.374. The molecule has 86 valence electrons. The Morgan fingerprint density at radius 3 is 2.67 bits per heavy atom. The van der Waals surface area contributed by atoms with E-state index in [1.807, 2.05) is 0 Å². The lowest BCUT2D eigenvalue weighted by Gasteiger charge is -2.09. The molecule has 4 heteroatoms. The second-order valence-corrected chi connectivity index (χ2v) is 3.66. The molecular weight excluding hydrogens is 190 g/mol. The van der Waals surface area contributed by atoms with Crippen LogP contribution in [0.25, 0.3) is 0 Å². The van der Waals surface area contributed by atoms with E-state index in [9.17, 15) is 0 Å². The highest BCUT2D eigenvalue weighted by molar-refractivity contribution is 4.89. The quantitative estimate of drug-likeness (QED) is 0.752. The highest BCUT2D eigenvalue weighted by Crippen LogP contribution is 2.15. The molecule has 1 atom stereocenters. The molecule has 0 saturated carbocycles. The van der Waals surface area contributed by atoms with Crippen molar-refractivity contribution >= 4 is 0 Å². The minimum Gasteiger partial charge on any atom is -0.424 e. The first-order valence-corrected chi connectivity index (χ1v) is 5.87. The van der Waals surface area contributed by atoms with Gasteiger partial charge < -0.3 is 9.73 Å². The van der Waals surface area contributed by atoms with Crippen molar-refractivity contribution in [2.75, 3.05) is 6.54 Å². The van der Waals surface area contributed by atoms with Gasteiger partial charge in [-0.25, -0.2) is 0 Å². The lowest BCUT2D eigenvalue weighted by Crippen LogP contribution is -2.20. The number of hydrogen-bond donors (Lipinski definition) is 1. The zero-order valence-corrected chi connectivity index (χ0v) is 9.92. The van der Waals surface area contributed by atoms with E-state index < -0.39 is 0 Å². The molecule has 0 amide bonds. The number of hydrogen-bond acceptors (Lipinski definition) is 4. The number of unbranched alkanes of at least 4 members (excludes halogenated alkanes) is 1. The average molecular weight is 211 g/mol. The van der Waals surface area contributed by atoms with Gasteiger partial charge in [-0.05, 0) is 19.4 Å². The fourth-order valence-electron chi connectivity index (χ4n) is 1.49. The maximum absolute atomic E-state index is 5.61. The van der Waals surface area contributed by atoms with Crippen LogP contribution in [-0.4, -0.2) is 16.7 Å². The summed E-state index contributed by atoms with van der Waals surface area (Å²) in [6.45, 7) is 7.27. The predicted octanol–water partition coefficient (Wildman–Crippen LogP) is 2.47. The van der Waals surface area contributed by atoms with Gasteiger partial charge in [0, 0.05) is 6.42 Å². The zero-order valence-electron chi connectivity index (χ0n) is 9.92. The molecule has 0 aliphatic carbocycles. The summed E-state index contributed by atoms with van der Waals surface area (Å²) in [5.41, 5.74) is 0. The minimum absolute atomic E-state index is 0.206. The molecule has 1 aromatic rings. The van der Waals surface area contributed by atoms with E-state index in [0.29, 0.717) is 0 Å². The number of aryl methyl sites for hydroxylation is 1. The molecule has 0 bridgehead atoms. The predicted molar refractivity (Wildman–Crippen MR) is 59.6 cm³/mol. The van der Waals surface area contributed by atoms with Crippen molar-refractivity contribution in [2.24, 2.45) is 0 Å². The molecule has 0 aliphatic rings. The van der Waals surface area contributed by atoms with Crippen LogP contribution in [0.15, 0.2) is 4.42 Å². The molecular formula is C11H21N3O. The van der Waals surface area contributed by atoms with Gasteiger partial charge in [0.25, 0.3) is 0 Å². The molecule has 0 saturated heterocycles. The monoisotopic (exact) mass is 211 g/mol. The molecule has 4 nitrogen and oxygen atoms in total. The summed E-state index contributed by atoms with van der Waals surface area (Å²) in [5, 5.41) is 11.4. The van der Waals surface area contributed by atoms with Crippen molar-refractivity contribution < 1.29 is 4.42 Å². The van der Waals surface area contributed by atoms with Gasteiger partial charge in [0.05, 0.1) is 6.04 Å². The average Bonchev–Trinajstić information content (AvgIpc) is 2.71. The highest BCUT2D eigenvalue weighted by atomic mass is 16.4. The Bertz CT molecular complexity index is 273. The van der Waals surface area contributed by atoms with Crippen LogP contribution in [0.1, 0.15) is 57.9 Å². The number of nitrogens with one attached hydrogen (secondary N) is 1. The van der Waals surface area contributed by atoms with E-state index in [0.717, 1.165) is 44.0 Å². The summed E-state index contributed by atoms with van der Waals surface area (Å²) < 4.78 is 5.61. The normalized spacial score (nSPS) is 13.0. The van der Waals surface area contributed by atoms with Crippen molar-refractivity contribution in [3.8, 4) is 0 Å². The Hall–Kier alpha value is -0.900. The lowest BCUT2D eigenvalue weighted by atomic mass is 10.2. The fourth-order valence-corrected chi connectivity index (χ4v) is 1.49. The van der Waals surface area contributed by atoms with Crippen LogP contribution in [0, 0.1) is 0 Å². The molecule has 0 aromatic carbocycles. The second kappa shape index (κ2) is 6.56. The smallest absolute Gasteiger partial charge is 0.233 e. The van der Waals surface area contributed by atoms with Crippen LogP contribution >= 0.6 is 0 Å². The van der Waals surface area contributed by atoms with Crippen LogP contribution in [-0.2, 0) is 6.42 Å². The SMILES string of the molecule is CCCCc1nnc(C(CC)NCC)o1. The summed E-state index contributed by atoms with van der Waals surface area (Å²) >= 11 is 0. The number of aromatic nitrogens is 2. The molecule has 0 fully saturated rings. The third kappa shape index (κ3) is 3.63. The number of rotatable bonds is 7. The van der Waals surface area contributed by atoms with Crippen LogP contribution < -0.4 is 5.32 Å². The van der Waals surface area contributed by atoms with E-state index in [2.05, 4.69) is 36.3 Å². The van der Waals surface area contributed by atoms with Gasteiger partial charge in [-0.15, -0.1) is 10.2 Å². The molecule has 1 rings (SSSR count). The maximum Gasteiger partial charge on any atom is 0.233 e. The minimum atomic E-state index is 0.206. The molecule has 15 heavy (non-hydrogen) atoms. The molecule has 1 aromatic heterocycles. The largest absolute Gasteiger partial charge is 0.424 e. The number of nitrogens with zero attached hydrogens (tertiary/aromatic N) is 2. The van der Waals surface area contributed by atoms with Crippen LogP contribution in [0.5, 0.6) is 0 Å². The molecule has 0 radical (unpaired) electrons. The van der Waals surface area contributed by atoms with Gasteiger partial charge in [-0.3, -0.25) is 0 Å². The summed E-state index contributed by atoms with van der Waals surface area (Å²) in [6.07, 6.45) is 4.14. The topological polar surface area (TPSA) is 51.0 Å². The Morgan fingerprint density at radius 1 is 1.27 bits per heavy atom. The first-order chi connectivity index (χ1) is 7.31. The molecule has 0 aliphatic heterocycles. The van der Waals surface area contributed by atoms with Crippen molar-refractivity contribution in [3.05, 3.63) is 11.8 Å². The van der Waals surface area contributed by atoms with Gasteiger partial charge >= 0.3 is 0 Å². The summed E-state index contributed by atoms with van der Waals surface area (Å²) in [4.78, 5) is 0. The van der Waals surface area contributed by atoms with Crippen LogP contribution in [0.4, 0.5) is 0 Å². The van der Waals surface area contributed by atoms with Gasteiger partial charge in [0.2, 0.25) is 11.8 Å². The van der Waals surface area contributed by atoms with Crippen molar-refractivity contribution in [1.29, 1.82) is 0 Å². The second-order valence-electron chi connectivity index (χ2n) is 3.66. The highest BCUT2D eigenvalue weighted by Gasteiger charge is 2.15. The summed E-state index contributed by atoms with van der Waals surface area (Å²) in [6, 6.07) is 0.206. The van der Waals surface area contributed by atoms with E-state index in [-0.39, 0.29) is 6.04 Å². The third-order valence-corrected chi connectivity index (χ3v) is 2.38. The van der Waals surface area contributed by atoms with Crippen LogP contribution in [0.3, 0.4) is 0 Å². The maximum atomic E-state index is 5.61. The zero-order chi connectivity index (χ0) is 11.1. The Labute approximate surface area is 91.5 Å². The van der Waals surface area contributed by atoms with Gasteiger partial charge in [0.15, 0.2) is 0 Å². The third-order valence-electron chi connectivity index (χ3n) is 2.38. The van der Waals surface area contributed by atoms with Gasteiger partial charge in [0.1, 0.15) is 0 Å². The van der Waals surface area contributed by atoms with Crippen molar-refractivity contribution in [3.63, 3.8) is 0 Å². The van der Waals surface area contributed by atoms with Gasteiger partial charge in [-0.1, -0.05) is 27.2 Å². The standard InChI is InChI=1S/C11H21N3O/c1-4-7-8-10-13-14-11(15-10)9(5-2)12-6-3/h9,12H,4-8H2,1-3H3. The van der Waals surface area contributed by atoms with Gasteiger partial charge in [-0.2, -0.15) is 0 Å². The molecule has 1 unspecified atom stereocenters. The van der Waals surface area contributed by atoms with Crippen molar-refractivity contribution in [1.82, 2.24) is 15.5 Å². The summed E-state index contributed by atoms with van der Waals surface area (Å²) in [5.74, 6) is 1.49. The Morgan fingerprint density at radius 2 is 2.07 bits per heavy atom. The Balaban J connectivity index is 2.56. The molecule has 1 heterocycles. The summed E-state index contributed by atoms with van der Waals surface area (Å²) in [7, 11) is 0. The first kappa shape index (κ1) is 12.2. The molecule has 0 spiro atoms. The van der Waals surface area contributed by atoms with E-state index in [1.54, 1.807) is 0 Å². The van der Waals surface area contributed by atoms with E-state index >= 15 is 0 Å². The first-order valence-electron chi connectivity index (χ1n) is 5.87. The molecule has 1 N–H and O–H groups in total. The van der Waals surface area contributed by atoms with E-state index in [4.69, 9.17) is 4.42 Å². The fraction of sp³-hybridized carbons (Fsp3) is 0.818. The van der Waals surface area contributed by atoms with Crippen molar-refractivity contribution in [2.45, 2.75) is 52.5 Å². The van der Waals surface area contributed by atoms with E-state index in [1.165, 1.54) is 0 Å².